The Morgan fingerprint density at radius 1 is 0.867 bits per heavy atom. The van der Waals surface area contributed by atoms with Crippen LogP contribution in [0, 0.1) is 0 Å². The van der Waals surface area contributed by atoms with Gasteiger partial charge >= 0.3 is 11.9 Å². The molecule has 1 aromatic carbocycles. The number of primary sulfonamides is 1. The Bertz CT molecular complexity index is 871. The largest absolute Gasteiger partial charge is 0.480 e. The summed E-state index contributed by atoms with van der Waals surface area (Å²) in [6.45, 7) is -1.71. The fraction of sp³-hybridized carbons (Fsp3) is 0.375. The van der Waals surface area contributed by atoms with E-state index in [1.807, 2.05) is 0 Å². The molecule has 0 aromatic heterocycles. The first-order chi connectivity index (χ1) is 13.9. The van der Waals surface area contributed by atoms with E-state index in [1.54, 1.807) is 0 Å². The van der Waals surface area contributed by atoms with Gasteiger partial charge in [-0.05, 0) is 24.3 Å². The number of nitrogens with zero attached hydrogens (tertiary/aromatic N) is 2. The second-order valence-corrected chi connectivity index (χ2v) is 7.85. The van der Waals surface area contributed by atoms with Crippen LogP contribution < -0.4 is 16.2 Å². The SMILES string of the molecule is NC(=O)CN(CCN(CC(=O)O)CC(=O)Nc1ccc(S(N)(=O)=O)cc1)CC(=O)O. The normalized spacial score (nSPS) is 11.4. The quantitative estimate of drug-likeness (QED) is 0.216. The van der Waals surface area contributed by atoms with E-state index in [9.17, 15) is 27.6 Å². The second kappa shape index (κ2) is 11.2. The average molecular weight is 445 g/mol. The van der Waals surface area contributed by atoms with Crippen molar-refractivity contribution in [3.8, 4) is 0 Å². The van der Waals surface area contributed by atoms with Gasteiger partial charge in [0.05, 0.1) is 31.1 Å². The molecule has 0 fully saturated rings. The van der Waals surface area contributed by atoms with E-state index in [0.29, 0.717) is 0 Å². The first kappa shape index (κ1) is 25.0. The Labute approximate surface area is 172 Å². The summed E-state index contributed by atoms with van der Waals surface area (Å²) >= 11 is 0. The first-order valence-electron chi connectivity index (χ1n) is 8.46. The predicted octanol–water partition coefficient (Wildman–Crippen LogP) is -2.47. The van der Waals surface area contributed by atoms with Crippen LogP contribution in [0.2, 0.25) is 0 Å². The lowest BCUT2D eigenvalue weighted by Crippen LogP contribution is -2.45. The van der Waals surface area contributed by atoms with E-state index in [4.69, 9.17) is 21.1 Å². The lowest BCUT2D eigenvalue weighted by atomic mass is 10.3. The number of benzene rings is 1. The number of amides is 2. The van der Waals surface area contributed by atoms with E-state index in [0.717, 1.165) is 0 Å². The molecule has 14 heteroatoms. The number of rotatable bonds is 13. The molecule has 166 valence electrons. The van der Waals surface area contributed by atoms with Crippen LogP contribution in [0.4, 0.5) is 5.69 Å². The highest BCUT2D eigenvalue weighted by Gasteiger charge is 2.18. The topological polar surface area (TPSA) is 213 Å². The number of nitrogens with one attached hydrogen (secondary N) is 1. The number of anilines is 1. The zero-order chi connectivity index (χ0) is 22.9. The highest BCUT2D eigenvalue weighted by molar-refractivity contribution is 7.89. The number of hydrogen-bond donors (Lipinski definition) is 5. The van der Waals surface area contributed by atoms with Crippen molar-refractivity contribution in [3.63, 3.8) is 0 Å². The number of sulfonamides is 1. The molecule has 0 atom stereocenters. The monoisotopic (exact) mass is 445 g/mol. The van der Waals surface area contributed by atoms with Crippen LogP contribution >= 0.6 is 0 Å². The molecule has 0 unspecified atom stereocenters. The molecule has 0 aliphatic rings. The number of nitrogens with two attached hydrogens (primary N) is 2. The highest BCUT2D eigenvalue weighted by atomic mass is 32.2. The Kier molecular flexibility index (Phi) is 9.32. The molecule has 0 radical (unpaired) electrons. The summed E-state index contributed by atoms with van der Waals surface area (Å²) in [4.78, 5) is 47.5. The molecule has 0 heterocycles. The van der Waals surface area contributed by atoms with Gasteiger partial charge < -0.3 is 21.3 Å². The number of aliphatic carboxylic acids is 2. The fourth-order valence-electron chi connectivity index (χ4n) is 2.45. The number of carboxylic acid groups (broad SMARTS) is 2. The lowest BCUT2D eigenvalue weighted by Gasteiger charge is -2.24. The van der Waals surface area contributed by atoms with Gasteiger partial charge in [0, 0.05) is 18.8 Å². The summed E-state index contributed by atoms with van der Waals surface area (Å²) in [5, 5.41) is 25.4. The fourth-order valence-corrected chi connectivity index (χ4v) is 2.96. The van der Waals surface area contributed by atoms with Gasteiger partial charge in [-0.3, -0.25) is 29.0 Å². The number of carbonyl (C=O) groups is 4. The van der Waals surface area contributed by atoms with Gasteiger partial charge in [0.25, 0.3) is 0 Å². The maximum Gasteiger partial charge on any atom is 0.317 e. The maximum absolute atomic E-state index is 12.2. The summed E-state index contributed by atoms with van der Waals surface area (Å²) in [5.74, 6) is -3.73. The minimum Gasteiger partial charge on any atom is -0.480 e. The predicted molar refractivity (Wildman–Crippen MR) is 104 cm³/mol. The molecular weight excluding hydrogens is 422 g/mol. The van der Waals surface area contributed by atoms with E-state index in [2.05, 4.69) is 5.32 Å². The third kappa shape index (κ3) is 9.92. The molecule has 7 N–H and O–H groups in total. The van der Waals surface area contributed by atoms with Gasteiger partial charge in [-0.2, -0.15) is 0 Å². The number of carboxylic acids is 2. The minimum atomic E-state index is -3.88. The molecule has 1 aromatic rings. The van der Waals surface area contributed by atoms with Gasteiger partial charge in [-0.25, -0.2) is 13.6 Å². The van der Waals surface area contributed by atoms with Crippen molar-refractivity contribution >= 4 is 39.5 Å². The highest BCUT2D eigenvalue weighted by Crippen LogP contribution is 2.12. The Morgan fingerprint density at radius 3 is 1.73 bits per heavy atom. The van der Waals surface area contributed by atoms with Crippen molar-refractivity contribution in [2.75, 3.05) is 44.6 Å². The smallest absolute Gasteiger partial charge is 0.317 e. The number of primary amides is 1. The summed E-state index contributed by atoms with van der Waals surface area (Å²) in [6.07, 6.45) is 0. The molecule has 0 aliphatic heterocycles. The van der Waals surface area contributed by atoms with Crippen molar-refractivity contribution in [3.05, 3.63) is 24.3 Å². The summed E-state index contributed by atoms with van der Waals surface area (Å²) in [6, 6.07) is 5.04. The van der Waals surface area contributed by atoms with Crippen LogP contribution in [0.5, 0.6) is 0 Å². The lowest BCUT2D eigenvalue weighted by molar-refractivity contribution is -0.141. The summed E-state index contributed by atoms with van der Waals surface area (Å²) in [7, 11) is -3.88. The Morgan fingerprint density at radius 2 is 1.33 bits per heavy atom. The molecule has 0 saturated carbocycles. The van der Waals surface area contributed by atoms with Crippen LogP contribution in [0.15, 0.2) is 29.2 Å². The van der Waals surface area contributed by atoms with Crippen LogP contribution in [-0.4, -0.2) is 91.5 Å². The zero-order valence-corrected chi connectivity index (χ0v) is 16.7. The molecule has 1 rings (SSSR count). The standard InChI is InChI=1S/C16H23N5O8S/c17-13(22)7-20(9-15(24)25)5-6-21(10-16(26)27)8-14(23)19-11-1-3-12(4-2-11)30(18,28)29/h1-4H,5-10H2,(H2,17,22)(H,19,23)(H,24,25)(H,26,27)(H2,18,28,29). The summed E-state index contributed by atoms with van der Waals surface area (Å²) < 4.78 is 22.5. The maximum atomic E-state index is 12.2. The van der Waals surface area contributed by atoms with Gasteiger partial charge in [0.2, 0.25) is 21.8 Å². The van der Waals surface area contributed by atoms with Crippen molar-refractivity contribution in [2.24, 2.45) is 10.9 Å². The third-order valence-corrected chi connectivity index (χ3v) is 4.59. The van der Waals surface area contributed by atoms with Crippen molar-refractivity contribution in [1.29, 1.82) is 0 Å². The molecular formula is C16H23N5O8S. The first-order valence-corrected chi connectivity index (χ1v) is 10.0. The van der Waals surface area contributed by atoms with Gasteiger partial charge in [-0.15, -0.1) is 0 Å². The Balaban J connectivity index is 2.74. The van der Waals surface area contributed by atoms with Crippen LogP contribution in [-0.2, 0) is 29.2 Å². The molecule has 0 spiro atoms. The number of carbonyl (C=O) groups excluding carboxylic acids is 2. The van der Waals surface area contributed by atoms with Crippen LogP contribution in [0.3, 0.4) is 0 Å². The van der Waals surface area contributed by atoms with E-state index >= 15 is 0 Å². The Hall–Kier alpha value is -3.07. The van der Waals surface area contributed by atoms with Crippen molar-refractivity contribution in [2.45, 2.75) is 4.90 Å². The van der Waals surface area contributed by atoms with Crippen LogP contribution in [0.1, 0.15) is 0 Å². The number of hydrogen-bond acceptors (Lipinski definition) is 8. The van der Waals surface area contributed by atoms with E-state index in [-0.39, 0.29) is 36.8 Å². The third-order valence-electron chi connectivity index (χ3n) is 3.66. The molecule has 30 heavy (non-hydrogen) atoms. The second-order valence-electron chi connectivity index (χ2n) is 6.29. The minimum absolute atomic E-state index is 0.0150. The van der Waals surface area contributed by atoms with Crippen LogP contribution in [0.25, 0.3) is 0 Å². The van der Waals surface area contributed by atoms with E-state index in [1.165, 1.54) is 34.1 Å². The molecule has 0 saturated heterocycles. The average Bonchev–Trinajstić information content (AvgIpc) is 2.57. The summed E-state index contributed by atoms with van der Waals surface area (Å²) in [5.41, 5.74) is 5.34. The van der Waals surface area contributed by atoms with Gasteiger partial charge in [0.1, 0.15) is 0 Å². The van der Waals surface area contributed by atoms with E-state index < -0.39 is 46.9 Å². The van der Waals surface area contributed by atoms with Gasteiger partial charge in [0.15, 0.2) is 0 Å². The van der Waals surface area contributed by atoms with Gasteiger partial charge in [-0.1, -0.05) is 0 Å². The molecule has 2 amide bonds. The zero-order valence-electron chi connectivity index (χ0n) is 15.9. The molecule has 13 nitrogen and oxygen atoms in total. The molecule has 0 aliphatic carbocycles. The molecule has 0 bridgehead atoms. The van der Waals surface area contributed by atoms with Crippen molar-refractivity contribution in [1.82, 2.24) is 9.80 Å². The van der Waals surface area contributed by atoms with Crippen molar-refractivity contribution < 1.29 is 37.8 Å².